The van der Waals surface area contributed by atoms with Crippen molar-refractivity contribution in [3.63, 3.8) is 0 Å². The lowest BCUT2D eigenvalue weighted by Gasteiger charge is -2.60. The number of carbonyl (C=O) groups is 2. The van der Waals surface area contributed by atoms with Gasteiger partial charge in [0.15, 0.2) is 22.9 Å². The van der Waals surface area contributed by atoms with Gasteiger partial charge in [-0.15, -0.1) is 0 Å². The average molecular weight is 415 g/mol. The third kappa shape index (κ3) is 2.41. The third-order valence-corrected chi connectivity index (χ3v) is 7.79. The van der Waals surface area contributed by atoms with Crippen LogP contribution < -0.4 is 9.47 Å². The van der Waals surface area contributed by atoms with Gasteiger partial charge in [0.25, 0.3) is 0 Å². The van der Waals surface area contributed by atoms with Crippen LogP contribution in [0.4, 0.5) is 4.79 Å². The van der Waals surface area contributed by atoms with Gasteiger partial charge in [0, 0.05) is 24.9 Å². The van der Waals surface area contributed by atoms with E-state index in [2.05, 4.69) is 18.0 Å². The van der Waals surface area contributed by atoms with E-state index >= 15 is 0 Å². The summed E-state index contributed by atoms with van der Waals surface area (Å²) in [7, 11) is 2.19. The summed E-state index contributed by atoms with van der Waals surface area (Å²) in [5.41, 5.74) is 1.20. The Bertz CT molecular complexity index is 915. The van der Waals surface area contributed by atoms with Gasteiger partial charge in [-0.25, -0.2) is 4.79 Å². The van der Waals surface area contributed by atoms with E-state index in [1.165, 1.54) is 5.56 Å². The van der Waals surface area contributed by atoms with Gasteiger partial charge in [0.2, 0.25) is 6.29 Å². The Morgan fingerprint density at radius 3 is 2.97 bits per heavy atom. The zero-order chi connectivity index (χ0) is 21.3. The van der Waals surface area contributed by atoms with Crippen LogP contribution in [0.1, 0.15) is 51.2 Å². The normalized spacial score (nSPS) is 34.6. The lowest BCUT2D eigenvalue weighted by molar-refractivity contribution is -0.153. The van der Waals surface area contributed by atoms with E-state index in [9.17, 15) is 9.59 Å². The molecule has 0 N–H and O–H groups in total. The summed E-state index contributed by atoms with van der Waals surface area (Å²) in [6.07, 6.45) is 1.69. The van der Waals surface area contributed by atoms with Gasteiger partial charge in [-0.2, -0.15) is 0 Å². The summed E-state index contributed by atoms with van der Waals surface area (Å²) in [6.45, 7) is 6.51. The molecule has 0 aromatic heterocycles. The molecule has 0 radical (unpaired) electrons. The number of likely N-dealkylation sites (tertiary alicyclic amines) is 1. The van der Waals surface area contributed by atoms with Crippen LogP contribution in [0.15, 0.2) is 12.1 Å². The largest absolute Gasteiger partial charge is 0.511 e. The highest BCUT2D eigenvalue weighted by molar-refractivity contribution is 5.93. The Hall–Kier alpha value is -2.28. The van der Waals surface area contributed by atoms with Gasteiger partial charge in [-0.05, 0) is 64.3 Å². The minimum Gasteiger partial charge on any atom is -0.475 e. The molecule has 1 aromatic rings. The molecule has 7 heteroatoms. The van der Waals surface area contributed by atoms with Gasteiger partial charge >= 0.3 is 6.16 Å². The topological polar surface area (TPSA) is 74.3 Å². The first kappa shape index (κ1) is 19.7. The lowest BCUT2D eigenvalue weighted by atomic mass is 9.47. The van der Waals surface area contributed by atoms with E-state index in [4.69, 9.17) is 18.9 Å². The summed E-state index contributed by atoms with van der Waals surface area (Å²) in [4.78, 5) is 27.3. The molecule has 2 unspecified atom stereocenters. The van der Waals surface area contributed by atoms with Crippen LogP contribution in [0.3, 0.4) is 0 Å². The number of benzene rings is 1. The van der Waals surface area contributed by atoms with Crippen LogP contribution in [0.5, 0.6) is 11.5 Å². The van der Waals surface area contributed by atoms with E-state index in [1.807, 2.05) is 13.0 Å². The summed E-state index contributed by atoms with van der Waals surface area (Å²) >= 11 is 0. The number of ketones is 1. The molecule has 1 saturated heterocycles. The molecule has 5 atom stereocenters. The maximum Gasteiger partial charge on any atom is 0.511 e. The molecule has 2 heterocycles. The molecule has 30 heavy (non-hydrogen) atoms. The van der Waals surface area contributed by atoms with E-state index in [1.54, 1.807) is 13.8 Å². The van der Waals surface area contributed by atoms with E-state index in [-0.39, 0.29) is 17.8 Å². The Balaban J connectivity index is 1.57. The highest BCUT2D eigenvalue weighted by atomic mass is 16.8. The molecular formula is C23H29NO6. The lowest BCUT2D eigenvalue weighted by Crippen LogP contribution is -2.70. The fourth-order valence-electron chi connectivity index (χ4n) is 6.52. The monoisotopic (exact) mass is 415 g/mol. The molecule has 1 saturated carbocycles. The second-order valence-electron chi connectivity index (χ2n) is 9.09. The molecule has 162 valence electrons. The SMILES string of the molecule is CCOC(=O)OC(C)Oc1ccc2c3c1O[C@@]1(C)C(=O)CC[C@H]4C(C2)N(C)CC[C@@]341. The smallest absolute Gasteiger partial charge is 0.475 e. The van der Waals surface area contributed by atoms with Crippen LogP contribution in [0.2, 0.25) is 0 Å². The van der Waals surface area contributed by atoms with Gasteiger partial charge in [0.1, 0.15) is 0 Å². The third-order valence-electron chi connectivity index (χ3n) is 7.79. The van der Waals surface area contributed by atoms with Crippen molar-refractivity contribution in [1.82, 2.24) is 4.90 Å². The van der Waals surface area contributed by atoms with Crippen molar-refractivity contribution in [2.45, 2.75) is 69.8 Å². The number of hydrogen-bond acceptors (Lipinski definition) is 7. The predicted octanol–water partition coefficient (Wildman–Crippen LogP) is 3.21. The maximum absolute atomic E-state index is 13.2. The Morgan fingerprint density at radius 2 is 2.20 bits per heavy atom. The van der Waals surface area contributed by atoms with Crippen LogP contribution >= 0.6 is 0 Å². The molecule has 2 bridgehead atoms. The summed E-state index contributed by atoms with van der Waals surface area (Å²) < 4.78 is 22.5. The summed E-state index contributed by atoms with van der Waals surface area (Å²) in [5.74, 6) is 1.72. The van der Waals surface area contributed by atoms with Crippen molar-refractivity contribution in [3.05, 3.63) is 23.3 Å². The molecule has 2 aliphatic heterocycles. The zero-order valence-electron chi connectivity index (χ0n) is 18.0. The quantitative estimate of drug-likeness (QED) is 0.552. The maximum atomic E-state index is 13.2. The second-order valence-corrected chi connectivity index (χ2v) is 9.09. The number of likely N-dealkylation sites (N-methyl/N-ethyl adjacent to an activating group) is 1. The fourth-order valence-corrected chi connectivity index (χ4v) is 6.52. The Morgan fingerprint density at radius 1 is 1.40 bits per heavy atom. The number of Topliss-reactive ketones (excluding diaryl/α,β-unsaturated/α-hetero) is 1. The first-order chi connectivity index (χ1) is 14.3. The van der Waals surface area contributed by atoms with Gasteiger partial charge in [-0.3, -0.25) is 4.79 Å². The van der Waals surface area contributed by atoms with E-state index in [0.29, 0.717) is 29.9 Å². The zero-order valence-corrected chi connectivity index (χ0v) is 18.0. The van der Waals surface area contributed by atoms with Gasteiger partial charge < -0.3 is 23.8 Å². The summed E-state index contributed by atoms with van der Waals surface area (Å²) in [5, 5.41) is 0. The molecule has 1 spiro atoms. The highest BCUT2D eigenvalue weighted by Gasteiger charge is 2.71. The molecule has 2 fully saturated rings. The first-order valence-electron chi connectivity index (χ1n) is 10.9. The molecule has 2 aliphatic carbocycles. The van der Waals surface area contributed by atoms with E-state index < -0.39 is 18.0 Å². The van der Waals surface area contributed by atoms with Crippen LogP contribution in [-0.4, -0.2) is 55.0 Å². The summed E-state index contributed by atoms with van der Waals surface area (Å²) in [6, 6.07) is 4.38. The van der Waals surface area contributed by atoms with Crippen molar-refractivity contribution < 1.29 is 28.5 Å². The number of hydrogen-bond donors (Lipinski definition) is 0. The first-order valence-corrected chi connectivity index (χ1v) is 10.9. The molecule has 4 aliphatic rings. The highest BCUT2D eigenvalue weighted by Crippen LogP contribution is 2.66. The number of piperidine rings is 1. The molecule has 7 nitrogen and oxygen atoms in total. The average Bonchev–Trinajstić information content (AvgIpc) is 2.97. The Kier molecular flexibility index (Phi) is 4.33. The number of nitrogens with zero attached hydrogens (tertiary/aromatic N) is 1. The van der Waals surface area contributed by atoms with Gasteiger partial charge in [-0.1, -0.05) is 6.07 Å². The second kappa shape index (κ2) is 6.61. The van der Waals surface area contributed by atoms with Crippen molar-refractivity contribution in [3.8, 4) is 11.5 Å². The van der Waals surface area contributed by atoms with Crippen LogP contribution in [0.25, 0.3) is 0 Å². The van der Waals surface area contributed by atoms with Crippen molar-refractivity contribution >= 4 is 11.9 Å². The van der Waals surface area contributed by atoms with E-state index in [0.717, 1.165) is 31.4 Å². The standard InChI is InChI=1S/C23H29NO6/c1-5-27-21(26)29-13(2)28-17-8-6-14-12-16-15-7-9-18(25)22(3)23(15,10-11-24(16)4)19(14)20(17)30-22/h6,8,13,15-16H,5,7,9-12H2,1-4H3/t13?,15-,16?,22-,23-/m0/s1. The number of carbonyl (C=O) groups excluding carboxylic acids is 2. The minimum absolute atomic E-state index is 0.174. The number of rotatable bonds is 4. The Labute approximate surface area is 176 Å². The van der Waals surface area contributed by atoms with Crippen LogP contribution in [0, 0.1) is 5.92 Å². The van der Waals surface area contributed by atoms with Crippen molar-refractivity contribution in [1.29, 1.82) is 0 Å². The predicted molar refractivity (Wildman–Crippen MR) is 108 cm³/mol. The van der Waals surface area contributed by atoms with Gasteiger partial charge in [0.05, 0.1) is 12.0 Å². The van der Waals surface area contributed by atoms with Crippen molar-refractivity contribution in [2.24, 2.45) is 5.92 Å². The van der Waals surface area contributed by atoms with Crippen LogP contribution in [-0.2, 0) is 26.1 Å². The molecule has 1 aromatic carbocycles. The minimum atomic E-state index is -0.877. The molecular weight excluding hydrogens is 386 g/mol. The molecule has 5 rings (SSSR count). The fraction of sp³-hybridized carbons (Fsp3) is 0.652. The number of ether oxygens (including phenoxy) is 4. The van der Waals surface area contributed by atoms with Crippen molar-refractivity contribution in [2.75, 3.05) is 20.2 Å². The molecule has 0 amide bonds.